The van der Waals surface area contributed by atoms with Crippen molar-refractivity contribution in [1.82, 2.24) is 0 Å². The first-order valence-corrected chi connectivity index (χ1v) is 8.43. The van der Waals surface area contributed by atoms with Crippen LogP contribution < -0.4 is 10.2 Å². The number of nitrogen functional groups attached to an aromatic ring is 1. The van der Waals surface area contributed by atoms with Gasteiger partial charge < -0.3 is 10.2 Å². The van der Waals surface area contributed by atoms with Gasteiger partial charge in [0.25, 0.3) is 0 Å². The summed E-state index contributed by atoms with van der Waals surface area (Å²) >= 11 is 3.28. The normalized spacial score (nSPS) is 11.5. The molecule has 0 amide bonds. The third-order valence-electron chi connectivity index (χ3n) is 1.47. The summed E-state index contributed by atoms with van der Waals surface area (Å²) in [5, 5.41) is 0. The van der Waals surface area contributed by atoms with Crippen LogP contribution in [0.2, 0.25) is 19.6 Å². The van der Waals surface area contributed by atoms with E-state index in [1.165, 1.54) is 12.1 Å². The Morgan fingerprint density at radius 3 is 2.43 bits per heavy atom. The highest BCUT2D eigenvalue weighted by atomic mass is 79.9. The van der Waals surface area contributed by atoms with Crippen molar-refractivity contribution in [1.29, 1.82) is 0 Å². The fourth-order valence-corrected chi connectivity index (χ4v) is 2.37. The Kier molecular flexibility index (Phi) is 3.21. The fourth-order valence-electron chi connectivity index (χ4n) is 0.952. The Morgan fingerprint density at radius 1 is 1.36 bits per heavy atom. The van der Waals surface area contributed by atoms with Crippen LogP contribution in [0.5, 0.6) is 5.75 Å². The SMILES string of the molecule is C[Si](C)(C)Oc1cc(F)c(N)cc1Br. The number of benzene rings is 1. The Bertz CT molecular complexity index is 351. The molecule has 0 unspecified atom stereocenters. The lowest BCUT2D eigenvalue weighted by atomic mass is 10.3. The number of hydrogen-bond acceptors (Lipinski definition) is 2. The fraction of sp³-hybridized carbons (Fsp3) is 0.333. The van der Waals surface area contributed by atoms with Gasteiger partial charge in [0.05, 0.1) is 10.2 Å². The number of halogens is 2. The zero-order valence-electron chi connectivity index (χ0n) is 8.40. The van der Waals surface area contributed by atoms with Gasteiger partial charge in [-0.15, -0.1) is 0 Å². The second kappa shape index (κ2) is 3.90. The molecule has 14 heavy (non-hydrogen) atoms. The molecule has 0 atom stereocenters. The van der Waals surface area contributed by atoms with Gasteiger partial charge in [0.2, 0.25) is 8.32 Å². The van der Waals surface area contributed by atoms with E-state index in [0.29, 0.717) is 10.2 Å². The van der Waals surface area contributed by atoms with E-state index in [4.69, 9.17) is 10.2 Å². The van der Waals surface area contributed by atoms with Crippen molar-refractivity contribution in [2.45, 2.75) is 19.6 Å². The molecule has 0 heterocycles. The van der Waals surface area contributed by atoms with Crippen molar-refractivity contribution in [3.05, 3.63) is 22.4 Å². The van der Waals surface area contributed by atoms with Gasteiger partial charge in [0, 0.05) is 6.07 Å². The van der Waals surface area contributed by atoms with E-state index >= 15 is 0 Å². The summed E-state index contributed by atoms with van der Waals surface area (Å²) in [6, 6.07) is 2.84. The van der Waals surface area contributed by atoms with E-state index in [9.17, 15) is 4.39 Å². The van der Waals surface area contributed by atoms with Crippen LogP contribution in [0.1, 0.15) is 0 Å². The molecule has 0 saturated heterocycles. The standard InChI is InChI=1S/C9H13BrFNOSi/c1-14(2,3)13-9-5-7(11)8(12)4-6(9)10/h4-5H,12H2,1-3H3. The Labute approximate surface area is 92.5 Å². The first-order valence-electron chi connectivity index (χ1n) is 4.23. The molecule has 0 radical (unpaired) electrons. The van der Waals surface area contributed by atoms with E-state index in [2.05, 4.69) is 15.9 Å². The smallest absolute Gasteiger partial charge is 0.242 e. The van der Waals surface area contributed by atoms with Crippen LogP contribution in [-0.2, 0) is 0 Å². The lowest BCUT2D eigenvalue weighted by Crippen LogP contribution is -2.29. The molecule has 5 heteroatoms. The highest BCUT2D eigenvalue weighted by Gasteiger charge is 2.18. The zero-order chi connectivity index (χ0) is 10.9. The van der Waals surface area contributed by atoms with Gasteiger partial charge in [-0.3, -0.25) is 0 Å². The number of hydrogen-bond donors (Lipinski definition) is 1. The predicted octanol–water partition coefficient (Wildman–Crippen LogP) is 3.38. The first-order chi connectivity index (χ1) is 6.29. The molecular formula is C9H13BrFNOSi. The third-order valence-corrected chi connectivity index (χ3v) is 2.92. The number of anilines is 1. The third kappa shape index (κ3) is 2.99. The molecule has 0 fully saturated rings. The maximum atomic E-state index is 13.1. The molecule has 2 nitrogen and oxygen atoms in total. The van der Waals surface area contributed by atoms with Crippen molar-refractivity contribution in [2.75, 3.05) is 5.73 Å². The average molecular weight is 278 g/mol. The Balaban J connectivity index is 3.04. The molecule has 1 aromatic carbocycles. The Morgan fingerprint density at radius 2 is 1.93 bits per heavy atom. The van der Waals surface area contributed by atoms with Gasteiger partial charge in [0.1, 0.15) is 11.6 Å². The zero-order valence-corrected chi connectivity index (χ0v) is 11.0. The van der Waals surface area contributed by atoms with Crippen LogP contribution in [-0.4, -0.2) is 8.32 Å². The highest BCUT2D eigenvalue weighted by molar-refractivity contribution is 9.10. The molecule has 2 N–H and O–H groups in total. The summed E-state index contributed by atoms with van der Waals surface area (Å²) in [4.78, 5) is 0. The first kappa shape index (κ1) is 11.5. The van der Waals surface area contributed by atoms with Crippen molar-refractivity contribution in [3.8, 4) is 5.75 Å². The minimum Gasteiger partial charge on any atom is -0.543 e. The lowest BCUT2D eigenvalue weighted by molar-refractivity contribution is 0.542. The molecule has 78 valence electrons. The summed E-state index contributed by atoms with van der Waals surface area (Å²) in [5.74, 6) is 0.0808. The van der Waals surface area contributed by atoms with Crippen molar-refractivity contribution in [2.24, 2.45) is 0 Å². The monoisotopic (exact) mass is 277 g/mol. The molecule has 0 aliphatic heterocycles. The topological polar surface area (TPSA) is 35.2 Å². The van der Waals surface area contributed by atoms with Crippen LogP contribution in [0.3, 0.4) is 0 Å². The highest BCUT2D eigenvalue weighted by Crippen LogP contribution is 2.31. The summed E-state index contributed by atoms with van der Waals surface area (Å²) in [5.41, 5.74) is 5.53. The summed E-state index contributed by atoms with van der Waals surface area (Å²) in [6.45, 7) is 6.11. The molecule has 0 aliphatic carbocycles. The van der Waals surface area contributed by atoms with Gasteiger partial charge in [-0.25, -0.2) is 4.39 Å². The molecule has 0 aromatic heterocycles. The quantitative estimate of drug-likeness (QED) is 0.665. The van der Waals surface area contributed by atoms with Crippen LogP contribution in [0.25, 0.3) is 0 Å². The maximum Gasteiger partial charge on any atom is 0.242 e. The van der Waals surface area contributed by atoms with Crippen molar-refractivity contribution in [3.63, 3.8) is 0 Å². The Hall–Kier alpha value is -0.553. The van der Waals surface area contributed by atoms with E-state index < -0.39 is 14.1 Å². The minimum absolute atomic E-state index is 0.125. The lowest BCUT2D eigenvalue weighted by Gasteiger charge is -2.20. The number of rotatable bonds is 2. The molecule has 0 spiro atoms. The molecule has 0 bridgehead atoms. The van der Waals surface area contributed by atoms with Crippen LogP contribution in [0.15, 0.2) is 16.6 Å². The predicted molar refractivity (Wildman–Crippen MR) is 62.5 cm³/mol. The van der Waals surface area contributed by atoms with E-state index in [0.717, 1.165) is 0 Å². The van der Waals surface area contributed by atoms with Gasteiger partial charge in [-0.1, -0.05) is 0 Å². The molecular weight excluding hydrogens is 265 g/mol. The molecule has 1 aromatic rings. The molecule has 0 aliphatic rings. The summed E-state index contributed by atoms with van der Waals surface area (Å²) < 4.78 is 19.5. The second-order valence-electron chi connectivity index (χ2n) is 4.02. The van der Waals surface area contributed by atoms with Gasteiger partial charge >= 0.3 is 0 Å². The van der Waals surface area contributed by atoms with Crippen LogP contribution >= 0.6 is 15.9 Å². The maximum absolute atomic E-state index is 13.1. The van der Waals surface area contributed by atoms with Gasteiger partial charge in [-0.2, -0.15) is 0 Å². The molecule has 1 rings (SSSR count). The average Bonchev–Trinajstić information content (AvgIpc) is 1.97. The molecule has 0 saturated carbocycles. The largest absolute Gasteiger partial charge is 0.543 e. The van der Waals surface area contributed by atoms with E-state index in [-0.39, 0.29) is 5.69 Å². The van der Waals surface area contributed by atoms with Gasteiger partial charge in [-0.05, 0) is 41.6 Å². The van der Waals surface area contributed by atoms with E-state index in [1.54, 1.807) is 0 Å². The summed E-state index contributed by atoms with van der Waals surface area (Å²) in [6.07, 6.45) is 0. The minimum atomic E-state index is -1.71. The number of nitrogens with two attached hydrogens (primary N) is 1. The van der Waals surface area contributed by atoms with Gasteiger partial charge in [0.15, 0.2) is 0 Å². The summed E-state index contributed by atoms with van der Waals surface area (Å²) in [7, 11) is -1.71. The van der Waals surface area contributed by atoms with Crippen LogP contribution in [0, 0.1) is 5.82 Å². The second-order valence-corrected chi connectivity index (χ2v) is 9.30. The van der Waals surface area contributed by atoms with E-state index in [1.807, 2.05) is 19.6 Å². The van der Waals surface area contributed by atoms with Crippen molar-refractivity contribution >= 4 is 29.9 Å². The van der Waals surface area contributed by atoms with Crippen LogP contribution in [0.4, 0.5) is 10.1 Å². The van der Waals surface area contributed by atoms with Crippen molar-refractivity contribution < 1.29 is 8.82 Å².